The Labute approximate surface area is 105 Å². The lowest BCUT2D eigenvalue weighted by Crippen LogP contribution is -2.42. The van der Waals surface area contributed by atoms with Crippen molar-refractivity contribution in [2.75, 3.05) is 21.3 Å². The summed E-state index contributed by atoms with van der Waals surface area (Å²) in [5, 5.41) is 0. The van der Waals surface area contributed by atoms with Crippen molar-refractivity contribution in [3.8, 4) is 0 Å². The summed E-state index contributed by atoms with van der Waals surface area (Å²) in [4.78, 5) is 0. The molecule has 0 fully saturated rings. The molecule has 0 aromatic heterocycles. The zero-order chi connectivity index (χ0) is 12.7. The van der Waals surface area contributed by atoms with Crippen LogP contribution in [0, 0.1) is 6.92 Å². The van der Waals surface area contributed by atoms with Crippen molar-refractivity contribution in [1.29, 1.82) is 0 Å². The lowest BCUT2D eigenvalue weighted by molar-refractivity contribution is 0.123. The summed E-state index contributed by atoms with van der Waals surface area (Å²) in [6.45, 7) is 2.10. The summed E-state index contributed by atoms with van der Waals surface area (Å²) >= 11 is 0. The molecule has 0 aliphatic rings. The highest BCUT2D eigenvalue weighted by Gasteiger charge is 2.36. The first-order chi connectivity index (χ1) is 8.15. The summed E-state index contributed by atoms with van der Waals surface area (Å²) in [7, 11) is 2.59. The number of aryl methyl sites for hydroxylation is 2. The summed E-state index contributed by atoms with van der Waals surface area (Å²) < 4.78 is 16.2. The zero-order valence-electron chi connectivity index (χ0n) is 11.2. The molecule has 0 N–H and O–H groups in total. The van der Waals surface area contributed by atoms with E-state index in [1.54, 1.807) is 21.3 Å². The molecule has 17 heavy (non-hydrogen) atoms. The van der Waals surface area contributed by atoms with E-state index in [4.69, 9.17) is 13.3 Å². The Kier molecular flexibility index (Phi) is 5.84. The predicted molar refractivity (Wildman–Crippen MR) is 71.1 cm³/mol. The first-order valence-corrected chi connectivity index (χ1v) is 7.80. The summed E-state index contributed by atoms with van der Waals surface area (Å²) in [5.74, 6) is 0. The Morgan fingerprint density at radius 1 is 0.941 bits per heavy atom. The van der Waals surface area contributed by atoms with Gasteiger partial charge in [0.05, 0.1) is 0 Å². The van der Waals surface area contributed by atoms with Gasteiger partial charge in [-0.3, -0.25) is 0 Å². The van der Waals surface area contributed by atoms with Gasteiger partial charge < -0.3 is 13.3 Å². The number of benzene rings is 1. The van der Waals surface area contributed by atoms with Crippen molar-refractivity contribution in [1.82, 2.24) is 0 Å². The Balaban J connectivity index is 2.43. The van der Waals surface area contributed by atoms with Gasteiger partial charge >= 0.3 is 8.80 Å². The van der Waals surface area contributed by atoms with Crippen LogP contribution in [-0.2, 0) is 19.7 Å². The lowest BCUT2D eigenvalue weighted by Gasteiger charge is -2.24. The Morgan fingerprint density at radius 3 is 1.94 bits per heavy atom. The second-order valence-corrected chi connectivity index (χ2v) is 7.23. The first kappa shape index (κ1) is 14.4. The molecule has 0 aliphatic heterocycles. The third kappa shape index (κ3) is 4.24. The summed E-state index contributed by atoms with van der Waals surface area (Å²) in [5.41, 5.74) is 2.64. The quantitative estimate of drug-likeness (QED) is 0.700. The Morgan fingerprint density at radius 2 is 1.47 bits per heavy atom. The van der Waals surface area contributed by atoms with Crippen LogP contribution < -0.4 is 0 Å². The van der Waals surface area contributed by atoms with E-state index >= 15 is 0 Å². The molecule has 0 spiro atoms. The van der Waals surface area contributed by atoms with Gasteiger partial charge in [-0.25, -0.2) is 0 Å². The predicted octanol–water partition coefficient (Wildman–Crippen LogP) is 2.81. The van der Waals surface area contributed by atoms with E-state index in [1.165, 1.54) is 11.1 Å². The molecule has 0 saturated carbocycles. The maximum atomic E-state index is 5.39. The largest absolute Gasteiger partial charge is 0.500 e. The van der Waals surface area contributed by atoms with Gasteiger partial charge in [0.1, 0.15) is 0 Å². The fraction of sp³-hybridized carbons (Fsp3) is 0.538. The van der Waals surface area contributed by atoms with Crippen LogP contribution in [0.4, 0.5) is 0 Å². The minimum absolute atomic E-state index is 0.852. The smallest absolute Gasteiger partial charge is 0.377 e. The topological polar surface area (TPSA) is 27.7 Å². The van der Waals surface area contributed by atoms with Crippen LogP contribution in [-0.4, -0.2) is 30.1 Å². The molecular weight excluding hydrogens is 232 g/mol. The first-order valence-electron chi connectivity index (χ1n) is 5.87. The van der Waals surface area contributed by atoms with Crippen LogP contribution in [0.5, 0.6) is 0 Å². The molecular formula is C13H22O3Si. The molecule has 0 unspecified atom stereocenters. The minimum atomic E-state index is -2.38. The van der Waals surface area contributed by atoms with Gasteiger partial charge in [0.15, 0.2) is 0 Å². The molecule has 0 aliphatic carbocycles. The van der Waals surface area contributed by atoms with Crippen molar-refractivity contribution in [2.24, 2.45) is 0 Å². The van der Waals surface area contributed by atoms with E-state index in [1.807, 2.05) is 0 Å². The van der Waals surface area contributed by atoms with Crippen molar-refractivity contribution in [2.45, 2.75) is 25.8 Å². The monoisotopic (exact) mass is 254 g/mol. The Hall–Kier alpha value is -0.683. The van der Waals surface area contributed by atoms with Crippen LogP contribution in [0.25, 0.3) is 0 Å². The van der Waals surface area contributed by atoms with Gasteiger partial charge in [-0.05, 0) is 25.3 Å². The van der Waals surface area contributed by atoms with E-state index in [2.05, 4.69) is 31.2 Å². The third-order valence-electron chi connectivity index (χ3n) is 3.00. The molecule has 1 aromatic carbocycles. The van der Waals surface area contributed by atoms with E-state index in [0.29, 0.717) is 0 Å². The van der Waals surface area contributed by atoms with Crippen LogP contribution in [0.2, 0.25) is 6.04 Å². The third-order valence-corrected chi connectivity index (χ3v) is 5.83. The van der Waals surface area contributed by atoms with Crippen LogP contribution in [0.1, 0.15) is 17.5 Å². The highest BCUT2D eigenvalue weighted by Crippen LogP contribution is 2.17. The lowest BCUT2D eigenvalue weighted by atomic mass is 10.1. The molecule has 96 valence electrons. The van der Waals surface area contributed by atoms with Crippen LogP contribution in [0.15, 0.2) is 24.3 Å². The second kappa shape index (κ2) is 6.91. The minimum Gasteiger partial charge on any atom is -0.377 e. The highest BCUT2D eigenvalue weighted by molar-refractivity contribution is 6.60. The van der Waals surface area contributed by atoms with Gasteiger partial charge in [0, 0.05) is 27.4 Å². The van der Waals surface area contributed by atoms with Crippen molar-refractivity contribution in [3.05, 3.63) is 35.4 Å². The molecule has 4 heteroatoms. The molecule has 0 atom stereocenters. The number of hydrogen-bond acceptors (Lipinski definition) is 3. The van der Waals surface area contributed by atoms with Gasteiger partial charge in [0.2, 0.25) is 0 Å². The standard InChI is InChI=1S/C13H22O3Si/c1-12-7-9-13(10-8-12)6-5-11-17(14-2,15-3)16-4/h7-10H,5-6,11H2,1-4H3. The summed E-state index contributed by atoms with van der Waals surface area (Å²) in [6, 6.07) is 9.48. The van der Waals surface area contributed by atoms with Crippen LogP contribution >= 0.6 is 0 Å². The van der Waals surface area contributed by atoms with Crippen molar-refractivity contribution < 1.29 is 13.3 Å². The number of rotatable bonds is 7. The maximum absolute atomic E-state index is 5.39. The second-order valence-electron chi connectivity index (χ2n) is 4.13. The van der Waals surface area contributed by atoms with Gasteiger partial charge in [-0.1, -0.05) is 29.8 Å². The molecule has 1 rings (SSSR count). The van der Waals surface area contributed by atoms with Gasteiger partial charge in [-0.15, -0.1) is 0 Å². The summed E-state index contributed by atoms with van der Waals surface area (Å²) in [6.07, 6.45) is 2.05. The van der Waals surface area contributed by atoms with Gasteiger partial charge in [0.25, 0.3) is 0 Å². The molecule has 0 heterocycles. The molecule has 0 amide bonds. The molecule has 3 nitrogen and oxygen atoms in total. The fourth-order valence-electron chi connectivity index (χ4n) is 1.82. The fourth-order valence-corrected chi connectivity index (χ4v) is 3.54. The highest BCUT2D eigenvalue weighted by atomic mass is 28.4. The van der Waals surface area contributed by atoms with Crippen LogP contribution in [0.3, 0.4) is 0 Å². The van der Waals surface area contributed by atoms with E-state index in [9.17, 15) is 0 Å². The molecule has 0 radical (unpaired) electrons. The van der Waals surface area contributed by atoms with E-state index < -0.39 is 8.80 Å². The molecule has 1 aromatic rings. The SMILES string of the molecule is CO[Si](CCCc1ccc(C)cc1)(OC)OC. The average molecular weight is 254 g/mol. The van der Waals surface area contributed by atoms with Crippen molar-refractivity contribution in [3.63, 3.8) is 0 Å². The van der Waals surface area contributed by atoms with E-state index in [-0.39, 0.29) is 0 Å². The molecule has 0 bridgehead atoms. The zero-order valence-corrected chi connectivity index (χ0v) is 12.2. The number of hydrogen-bond donors (Lipinski definition) is 0. The maximum Gasteiger partial charge on any atom is 0.500 e. The molecule has 0 saturated heterocycles. The Bertz CT molecular complexity index is 312. The van der Waals surface area contributed by atoms with E-state index in [0.717, 1.165) is 18.9 Å². The average Bonchev–Trinajstić information content (AvgIpc) is 2.38. The normalized spacial score (nSPS) is 11.8. The van der Waals surface area contributed by atoms with Crippen molar-refractivity contribution >= 4 is 8.80 Å². The van der Waals surface area contributed by atoms with Gasteiger partial charge in [-0.2, -0.15) is 0 Å².